The first kappa shape index (κ1) is 14.5. The molecule has 1 amide bonds. The molecular formula is C12H14F2N2OS. The Balaban J connectivity index is 2.90. The van der Waals surface area contributed by atoms with Gasteiger partial charge in [-0.05, 0) is 18.1 Å². The second kappa shape index (κ2) is 5.86. The molecule has 0 bridgehead atoms. The molecular weight excluding hydrogens is 258 g/mol. The lowest BCUT2D eigenvalue weighted by Gasteiger charge is -2.21. The van der Waals surface area contributed by atoms with Crippen LogP contribution in [0.15, 0.2) is 18.2 Å². The maximum atomic E-state index is 13.0. The van der Waals surface area contributed by atoms with Crippen LogP contribution in [0, 0.1) is 17.6 Å². The molecule has 1 aromatic carbocycles. The molecule has 1 unspecified atom stereocenters. The summed E-state index contributed by atoms with van der Waals surface area (Å²) in [6, 6.07) is 2.09. The van der Waals surface area contributed by atoms with Crippen LogP contribution in [0.4, 0.5) is 8.78 Å². The molecule has 1 aromatic rings. The average Bonchev–Trinajstić information content (AvgIpc) is 2.23. The zero-order valence-corrected chi connectivity index (χ0v) is 10.9. The Morgan fingerprint density at radius 1 is 1.28 bits per heavy atom. The van der Waals surface area contributed by atoms with Crippen molar-refractivity contribution in [1.82, 2.24) is 5.32 Å². The highest BCUT2D eigenvalue weighted by atomic mass is 32.1. The number of benzene rings is 1. The fourth-order valence-corrected chi connectivity index (χ4v) is 1.81. The molecule has 1 rings (SSSR count). The Hall–Kier alpha value is -1.56. The Bertz CT molecular complexity index is 457. The van der Waals surface area contributed by atoms with Crippen molar-refractivity contribution in [3.63, 3.8) is 0 Å². The third kappa shape index (κ3) is 3.73. The van der Waals surface area contributed by atoms with Gasteiger partial charge in [-0.25, -0.2) is 8.78 Å². The molecule has 3 nitrogen and oxygen atoms in total. The minimum atomic E-state index is -0.809. The van der Waals surface area contributed by atoms with Crippen molar-refractivity contribution in [2.24, 2.45) is 11.7 Å². The molecule has 0 aliphatic rings. The predicted molar refractivity (Wildman–Crippen MR) is 69.2 cm³/mol. The van der Waals surface area contributed by atoms with Gasteiger partial charge in [-0.2, -0.15) is 0 Å². The molecule has 3 N–H and O–H groups in total. The van der Waals surface area contributed by atoms with E-state index in [0.717, 1.165) is 12.1 Å². The highest BCUT2D eigenvalue weighted by Crippen LogP contribution is 2.09. The van der Waals surface area contributed by atoms with Crippen LogP contribution < -0.4 is 11.1 Å². The van der Waals surface area contributed by atoms with Gasteiger partial charge in [0.05, 0.1) is 11.0 Å². The molecule has 98 valence electrons. The summed E-state index contributed by atoms with van der Waals surface area (Å²) in [7, 11) is 0. The van der Waals surface area contributed by atoms with Crippen molar-refractivity contribution in [2.45, 2.75) is 19.9 Å². The Labute approximate surface area is 109 Å². The van der Waals surface area contributed by atoms with E-state index in [1.807, 2.05) is 13.8 Å². The molecule has 0 saturated heterocycles. The van der Waals surface area contributed by atoms with E-state index in [9.17, 15) is 13.6 Å². The van der Waals surface area contributed by atoms with Gasteiger partial charge in [0.25, 0.3) is 5.91 Å². The lowest BCUT2D eigenvalue weighted by Crippen LogP contribution is -2.46. The van der Waals surface area contributed by atoms with E-state index in [1.165, 1.54) is 0 Å². The monoisotopic (exact) mass is 272 g/mol. The largest absolute Gasteiger partial charge is 0.392 e. The van der Waals surface area contributed by atoms with Crippen LogP contribution in [0.3, 0.4) is 0 Å². The zero-order valence-electron chi connectivity index (χ0n) is 10.0. The van der Waals surface area contributed by atoms with Gasteiger partial charge in [0.15, 0.2) is 0 Å². The van der Waals surface area contributed by atoms with Gasteiger partial charge in [0, 0.05) is 11.6 Å². The zero-order chi connectivity index (χ0) is 13.9. The van der Waals surface area contributed by atoms with E-state index in [-0.39, 0.29) is 16.5 Å². The van der Waals surface area contributed by atoms with Gasteiger partial charge in [-0.15, -0.1) is 0 Å². The number of hydrogen-bond acceptors (Lipinski definition) is 2. The quantitative estimate of drug-likeness (QED) is 0.824. The second-order valence-corrected chi connectivity index (χ2v) is 4.73. The first-order valence-electron chi connectivity index (χ1n) is 5.37. The van der Waals surface area contributed by atoms with E-state index in [2.05, 4.69) is 5.32 Å². The lowest BCUT2D eigenvalue weighted by molar-refractivity contribution is 0.0939. The number of nitrogens with one attached hydrogen (secondary N) is 1. The smallest absolute Gasteiger partial charge is 0.252 e. The summed E-state index contributed by atoms with van der Waals surface area (Å²) in [5, 5.41) is 2.55. The van der Waals surface area contributed by atoms with E-state index < -0.39 is 23.6 Å². The van der Waals surface area contributed by atoms with Crippen LogP contribution in [0.5, 0.6) is 0 Å². The van der Waals surface area contributed by atoms with E-state index in [0.29, 0.717) is 6.07 Å². The number of carbonyl (C=O) groups excluding carboxylic acids is 1. The fourth-order valence-electron chi connectivity index (χ4n) is 1.48. The molecule has 6 heteroatoms. The van der Waals surface area contributed by atoms with Gasteiger partial charge in [0.2, 0.25) is 0 Å². The van der Waals surface area contributed by atoms with Crippen LogP contribution in [0.2, 0.25) is 0 Å². The number of amides is 1. The second-order valence-electron chi connectivity index (χ2n) is 4.26. The summed E-state index contributed by atoms with van der Waals surface area (Å²) in [6.07, 6.45) is 0. The van der Waals surface area contributed by atoms with Crippen LogP contribution in [-0.4, -0.2) is 16.9 Å². The summed E-state index contributed by atoms with van der Waals surface area (Å²) < 4.78 is 25.9. The SMILES string of the molecule is CC(C)C(NC(=O)c1cc(F)cc(F)c1)C(N)=S. The maximum Gasteiger partial charge on any atom is 0.252 e. The number of nitrogens with two attached hydrogens (primary N) is 1. The van der Waals surface area contributed by atoms with Crippen molar-refractivity contribution in [2.75, 3.05) is 0 Å². The van der Waals surface area contributed by atoms with Gasteiger partial charge in [-0.3, -0.25) is 4.79 Å². The van der Waals surface area contributed by atoms with Crippen LogP contribution in [0.1, 0.15) is 24.2 Å². The summed E-state index contributed by atoms with van der Waals surface area (Å²) in [5.41, 5.74) is 5.39. The molecule has 0 aromatic heterocycles. The number of carbonyl (C=O) groups is 1. The van der Waals surface area contributed by atoms with Crippen molar-refractivity contribution in [1.29, 1.82) is 0 Å². The number of rotatable bonds is 4. The molecule has 1 atom stereocenters. The first-order chi connectivity index (χ1) is 8.31. The van der Waals surface area contributed by atoms with E-state index in [4.69, 9.17) is 18.0 Å². The fraction of sp³-hybridized carbons (Fsp3) is 0.333. The van der Waals surface area contributed by atoms with E-state index in [1.54, 1.807) is 0 Å². The molecule has 0 heterocycles. The summed E-state index contributed by atoms with van der Waals surface area (Å²) >= 11 is 4.83. The molecule has 0 fully saturated rings. The maximum absolute atomic E-state index is 13.0. The standard InChI is InChI=1S/C12H14F2N2OS/c1-6(2)10(11(15)18)16-12(17)7-3-8(13)5-9(14)4-7/h3-6,10H,1-2H3,(H2,15,18)(H,16,17). The topological polar surface area (TPSA) is 55.1 Å². The number of thiocarbonyl (C=S) groups is 1. The van der Waals surface area contributed by atoms with Crippen molar-refractivity contribution in [3.05, 3.63) is 35.4 Å². The number of hydrogen-bond donors (Lipinski definition) is 2. The lowest BCUT2D eigenvalue weighted by atomic mass is 10.0. The minimum absolute atomic E-state index is 0.00939. The molecule has 0 aliphatic carbocycles. The van der Waals surface area contributed by atoms with Crippen molar-refractivity contribution < 1.29 is 13.6 Å². The third-order valence-electron chi connectivity index (χ3n) is 2.38. The Morgan fingerprint density at radius 2 is 1.78 bits per heavy atom. The highest BCUT2D eigenvalue weighted by Gasteiger charge is 2.20. The van der Waals surface area contributed by atoms with Crippen molar-refractivity contribution in [3.8, 4) is 0 Å². The summed E-state index contributed by atoms with van der Waals surface area (Å²) in [5.74, 6) is -2.24. The van der Waals surface area contributed by atoms with Gasteiger partial charge in [-0.1, -0.05) is 26.1 Å². The van der Waals surface area contributed by atoms with Gasteiger partial charge >= 0.3 is 0 Å². The summed E-state index contributed by atoms with van der Waals surface area (Å²) in [6.45, 7) is 3.66. The third-order valence-corrected chi connectivity index (χ3v) is 2.64. The Kier molecular flexibility index (Phi) is 4.72. The van der Waals surface area contributed by atoms with Crippen LogP contribution in [0.25, 0.3) is 0 Å². The van der Waals surface area contributed by atoms with Crippen molar-refractivity contribution >= 4 is 23.1 Å². The molecule has 0 aliphatic heterocycles. The number of halogens is 2. The van der Waals surface area contributed by atoms with Gasteiger partial charge < -0.3 is 11.1 Å². The molecule has 18 heavy (non-hydrogen) atoms. The first-order valence-corrected chi connectivity index (χ1v) is 5.78. The Morgan fingerprint density at radius 3 is 2.17 bits per heavy atom. The predicted octanol–water partition coefficient (Wildman–Crippen LogP) is 2.01. The average molecular weight is 272 g/mol. The molecule has 0 spiro atoms. The van der Waals surface area contributed by atoms with Crippen LogP contribution in [-0.2, 0) is 0 Å². The van der Waals surface area contributed by atoms with Crippen LogP contribution >= 0.6 is 12.2 Å². The highest BCUT2D eigenvalue weighted by molar-refractivity contribution is 7.80. The summed E-state index contributed by atoms with van der Waals surface area (Å²) in [4.78, 5) is 11.9. The molecule has 0 radical (unpaired) electrons. The molecule has 0 saturated carbocycles. The minimum Gasteiger partial charge on any atom is -0.392 e. The van der Waals surface area contributed by atoms with Gasteiger partial charge in [0.1, 0.15) is 11.6 Å². The normalized spacial score (nSPS) is 12.3. The van der Waals surface area contributed by atoms with E-state index >= 15 is 0 Å².